The van der Waals surface area contributed by atoms with Gasteiger partial charge in [0.1, 0.15) is 16.5 Å². The smallest absolute Gasteiger partial charge is 0.333 e. The molecule has 0 aliphatic heterocycles. The fourth-order valence-corrected chi connectivity index (χ4v) is 4.82. The summed E-state index contributed by atoms with van der Waals surface area (Å²) in [7, 11) is 0. The van der Waals surface area contributed by atoms with Gasteiger partial charge in [-0.2, -0.15) is 0 Å². The molecular formula is C28H28N2O5S. The molecule has 1 atom stereocenters. The van der Waals surface area contributed by atoms with E-state index in [0.29, 0.717) is 11.5 Å². The molecule has 4 aromatic rings. The van der Waals surface area contributed by atoms with Crippen LogP contribution < -0.4 is 5.32 Å². The van der Waals surface area contributed by atoms with E-state index >= 15 is 0 Å². The van der Waals surface area contributed by atoms with Gasteiger partial charge in [0.25, 0.3) is 5.91 Å². The van der Waals surface area contributed by atoms with Gasteiger partial charge in [-0.15, -0.1) is 11.3 Å². The number of aliphatic carboxylic acids is 1. The van der Waals surface area contributed by atoms with E-state index in [1.807, 2.05) is 61.5 Å². The maximum atomic E-state index is 13.1. The monoisotopic (exact) mass is 504 g/mol. The van der Waals surface area contributed by atoms with Gasteiger partial charge in [0.05, 0.1) is 12.4 Å². The molecule has 0 aliphatic carbocycles. The van der Waals surface area contributed by atoms with Crippen LogP contribution in [-0.2, 0) is 22.5 Å². The summed E-state index contributed by atoms with van der Waals surface area (Å²) in [6, 6.07) is 19.0. The number of amides is 1. The number of carbonyl (C=O) groups is 2. The molecule has 0 aliphatic rings. The molecule has 36 heavy (non-hydrogen) atoms. The second kappa shape index (κ2) is 11.3. The van der Waals surface area contributed by atoms with Crippen LogP contribution in [0.2, 0.25) is 0 Å². The first-order valence-corrected chi connectivity index (χ1v) is 12.5. The average Bonchev–Trinajstić information content (AvgIpc) is 3.53. The van der Waals surface area contributed by atoms with E-state index in [1.165, 1.54) is 11.3 Å². The van der Waals surface area contributed by atoms with E-state index in [9.17, 15) is 14.7 Å². The van der Waals surface area contributed by atoms with Crippen LogP contribution in [0.4, 0.5) is 0 Å². The summed E-state index contributed by atoms with van der Waals surface area (Å²) in [6.45, 7) is 5.72. The third-order valence-corrected chi connectivity index (χ3v) is 6.58. The number of carboxylic acids is 1. The second-order valence-electron chi connectivity index (χ2n) is 8.66. The highest BCUT2D eigenvalue weighted by Crippen LogP contribution is 2.29. The number of aromatic nitrogens is 1. The Labute approximate surface area is 213 Å². The fourth-order valence-electron chi connectivity index (χ4n) is 3.90. The lowest BCUT2D eigenvalue weighted by Gasteiger charge is -2.18. The fraction of sp³-hybridized carbons (Fsp3) is 0.250. The second-order valence-corrected chi connectivity index (χ2v) is 9.86. The van der Waals surface area contributed by atoms with E-state index in [1.54, 1.807) is 26.2 Å². The van der Waals surface area contributed by atoms with Crippen LogP contribution in [0.15, 0.2) is 71.3 Å². The van der Waals surface area contributed by atoms with Gasteiger partial charge in [0.15, 0.2) is 6.10 Å². The zero-order valence-corrected chi connectivity index (χ0v) is 21.2. The Morgan fingerprint density at radius 3 is 2.56 bits per heavy atom. The highest BCUT2D eigenvalue weighted by molar-refractivity contribution is 7.15. The van der Waals surface area contributed by atoms with Crippen molar-refractivity contribution in [2.75, 3.05) is 0 Å². The molecule has 0 fully saturated rings. The van der Waals surface area contributed by atoms with Crippen molar-refractivity contribution in [1.29, 1.82) is 0 Å². The number of carbonyl (C=O) groups excluding carboxylic acids is 1. The minimum absolute atomic E-state index is 0.207. The van der Waals surface area contributed by atoms with Crippen molar-refractivity contribution in [3.05, 3.63) is 88.6 Å². The summed E-state index contributed by atoms with van der Waals surface area (Å²) in [5, 5.41) is 13.3. The Morgan fingerprint density at radius 1 is 1.11 bits per heavy atom. The van der Waals surface area contributed by atoms with Gasteiger partial charge in [-0.1, -0.05) is 48.5 Å². The number of benzene rings is 2. The minimum Gasteiger partial charge on any atom is -0.479 e. The lowest BCUT2D eigenvalue weighted by molar-refractivity contribution is -0.153. The quantitative estimate of drug-likeness (QED) is 0.286. The Hall–Kier alpha value is -3.75. The van der Waals surface area contributed by atoms with E-state index in [0.717, 1.165) is 32.1 Å². The zero-order chi connectivity index (χ0) is 25.7. The number of hydrogen-bond acceptors (Lipinski definition) is 6. The molecule has 1 amide bonds. The van der Waals surface area contributed by atoms with Crippen molar-refractivity contribution in [2.24, 2.45) is 0 Å². The topological polar surface area (TPSA) is 102 Å². The van der Waals surface area contributed by atoms with Crippen LogP contribution in [0.1, 0.15) is 40.3 Å². The molecule has 0 saturated carbocycles. The number of ether oxygens (including phenoxy) is 1. The Kier molecular flexibility index (Phi) is 7.97. The molecule has 0 spiro atoms. The van der Waals surface area contributed by atoms with Crippen LogP contribution >= 0.6 is 11.3 Å². The molecule has 1 unspecified atom stereocenters. The summed E-state index contributed by atoms with van der Waals surface area (Å²) in [6.07, 6.45) is 0.621. The van der Waals surface area contributed by atoms with Crippen molar-refractivity contribution in [1.82, 2.24) is 10.3 Å². The molecule has 0 radical (unpaired) electrons. The molecule has 2 aromatic heterocycles. The van der Waals surface area contributed by atoms with Crippen molar-refractivity contribution >= 4 is 23.2 Å². The molecule has 0 saturated heterocycles. The summed E-state index contributed by atoms with van der Waals surface area (Å²) in [5.74, 6) is -0.620. The molecule has 4 rings (SSSR count). The van der Waals surface area contributed by atoms with E-state index in [2.05, 4.69) is 10.3 Å². The van der Waals surface area contributed by atoms with Gasteiger partial charge >= 0.3 is 5.97 Å². The Morgan fingerprint density at radius 2 is 1.89 bits per heavy atom. The number of aryl methyl sites for hydroxylation is 1. The highest BCUT2D eigenvalue weighted by atomic mass is 32.1. The van der Waals surface area contributed by atoms with E-state index in [-0.39, 0.29) is 25.0 Å². The van der Waals surface area contributed by atoms with Crippen molar-refractivity contribution < 1.29 is 23.8 Å². The number of rotatable bonds is 10. The maximum absolute atomic E-state index is 13.1. The number of furan rings is 1. The van der Waals surface area contributed by atoms with Crippen LogP contribution in [0.5, 0.6) is 0 Å². The Balaban J connectivity index is 1.56. The number of nitrogens with one attached hydrogen (secondary N) is 1. The van der Waals surface area contributed by atoms with Crippen LogP contribution in [0.25, 0.3) is 21.9 Å². The van der Waals surface area contributed by atoms with Crippen molar-refractivity contribution in [3.8, 4) is 21.9 Å². The van der Waals surface area contributed by atoms with Crippen molar-refractivity contribution in [3.63, 3.8) is 0 Å². The van der Waals surface area contributed by atoms with Gasteiger partial charge in [0.2, 0.25) is 0 Å². The number of nitrogens with zero attached hydrogens (tertiary/aromatic N) is 1. The SMILES string of the molecule is Cc1sc(-c2ccccc2)nc1C(=O)NCc1cc(CC(OC(C)C)C(=O)O)ccc1-c1ccco1. The van der Waals surface area contributed by atoms with Crippen LogP contribution in [0.3, 0.4) is 0 Å². The Bertz CT molecular complexity index is 1330. The van der Waals surface area contributed by atoms with Gasteiger partial charge in [-0.3, -0.25) is 4.79 Å². The average molecular weight is 505 g/mol. The standard InChI is InChI=1S/C28H28N2O5S/c1-17(2)35-24(28(32)33)15-19-11-12-22(23-10-7-13-34-23)21(14-19)16-29-26(31)25-18(3)36-27(30-25)20-8-5-4-6-9-20/h4-14,17,24H,15-16H2,1-3H3,(H,29,31)(H,32,33). The normalized spacial score (nSPS) is 12.0. The largest absolute Gasteiger partial charge is 0.479 e. The highest BCUT2D eigenvalue weighted by Gasteiger charge is 2.22. The van der Waals surface area contributed by atoms with Gasteiger partial charge in [0, 0.05) is 29.0 Å². The number of thiazole rings is 1. The molecule has 0 bridgehead atoms. The molecule has 186 valence electrons. The predicted octanol–water partition coefficient (Wildman–Crippen LogP) is 5.73. The molecule has 2 N–H and O–H groups in total. The predicted molar refractivity (Wildman–Crippen MR) is 139 cm³/mol. The molecule has 2 aromatic carbocycles. The summed E-state index contributed by atoms with van der Waals surface area (Å²) in [4.78, 5) is 30.2. The first kappa shape index (κ1) is 25.3. The minimum atomic E-state index is -1.01. The first-order valence-electron chi connectivity index (χ1n) is 11.7. The number of hydrogen-bond donors (Lipinski definition) is 2. The summed E-state index contributed by atoms with van der Waals surface area (Å²) >= 11 is 1.48. The lowest BCUT2D eigenvalue weighted by Crippen LogP contribution is -2.29. The first-order chi connectivity index (χ1) is 17.3. The molecule has 2 heterocycles. The summed E-state index contributed by atoms with van der Waals surface area (Å²) < 4.78 is 11.2. The molecule has 7 nitrogen and oxygen atoms in total. The number of carboxylic acid groups (broad SMARTS) is 1. The summed E-state index contributed by atoms with van der Waals surface area (Å²) in [5.41, 5.74) is 3.78. The third kappa shape index (κ3) is 6.08. The van der Waals surface area contributed by atoms with E-state index in [4.69, 9.17) is 9.15 Å². The van der Waals surface area contributed by atoms with Gasteiger partial charge in [-0.25, -0.2) is 9.78 Å². The van der Waals surface area contributed by atoms with E-state index < -0.39 is 12.1 Å². The van der Waals surface area contributed by atoms with Crippen LogP contribution in [0, 0.1) is 6.92 Å². The lowest BCUT2D eigenvalue weighted by atomic mass is 9.98. The third-order valence-electron chi connectivity index (χ3n) is 5.56. The molecular weight excluding hydrogens is 476 g/mol. The van der Waals surface area contributed by atoms with Crippen molar-refractivity contribution in [2.45, 2.75) is 45.9 Å². The zero-order valence-electron chi connectivity index (χ0n) is 20.4. The maximum Gasteiger partial charge on any atom is 0.333 e. The van der Waals surface area contributed by atoms with Crippen LogP contribution in [-0.4, -0.2) is 34.2 Å². The molecule has 8 heteroatoms. The van der Waals surface area contributed by atoms with Gasteiger partial charge < -0.3 is 19.6 Å². The van der Waals surface area contributed by atoms with Gasteiger partial charge in [-0.05, 0) is 44.0 Å².